The number of benzene rings is 2. The lowest BCUT2D eigenvalue weighted by Crippen LogP contribution is -2.42. The van der Waals surface area contributed by atoms with E-state index < -0.39 is 0 Å². The molecule has 0 saturated carbocycles. The average molecular weight is 451 g/mol. The molecule has 1 N–H and O–H groups in total. The molecule has 158 valence electrons. The fourth-order valence-corrected chi connectivity index (χ4v) is 5.30. The van der Waals surface area contributed by atoms with Crippen molar-refractivity contribution in [1.82, 2.24) is 14.9 Å². The van der Waals surface area contributed by atoms with Gasteiger partial charge in [-0.05, 0) is 62.3 Å². The lowest BCUT2D eigenvalue weighted by Gasteiger charge is -2.32. The van der Waals surface area contributed by atoms with Crippen molar-refractivity contribution in [2.45, 2.75) is 19.8 Å². The average Bonchev–Trinajstić information content (AvgIpc) is 3.14. The van der Waals surface area contributed by atoms with Gasteiger partial charge >= 0.3 is 5.97 Å². The van der Waals surface area contributed by atoms with E-state index in [1.807, 2.05) is 37.3 Å². The quantitative estimate of drug-likeness (QED) is 0.349. The summed E-state index contributed by atoms with van der Waals surface area (Å²) >= 11 is 7.30. The van der Waals surface area contributed by atoms with Crippen LogP contribution in [0.2, 0.25) is 0 Å². The van der Waals surface area contributed by atoms with E-state index >= 15 is 0 Å². The summed E-state index contributed by atoms with van der Waals surface area (Å²) in [5.74, 6) is -0.120. The highest BCUT2D eigenvalue weighted by molar-refractivity contribution is 7.80. The van der Waals surface area contributed by atoms with Crippen LogP contribution in [0.25, 0.3) is 31.5 Å². The Morgan fingerprint density at radius 2 is 1.94 bits per heavy atom. The van der Waals surface area contributed by atoms with E-state index in [1.54, 1.807) is 11.3 Å². The molecular weight excluding hydrogens is 428 g/mol. The SMILES string of the molecule is CCOC(=O)C1CCN(C(=S)Nc2ccc3sc4nc5ccccc5nc4c3c2)CC1. The first-order valence-electron chi connectivity index (χ1n) is 10.4. The summed E-state index contributed by atoms with van der Waals surface area (Å²) in [6.07, 6.45) is 1.52. The maximum atomic E-state index is 12.0. The maximum Gasteiger partial charge on any atom is 0.309 e. The third kappa shape index (κ3) is 3.93. The number of anilines is 1. The Bertz CT molecular complexity index is 1290. The fraction of sp³-hybridized carbons (Fsp3) is 0.304. The molecule has 3 heterocycles. The molecule has 0 bridgehead atoms. The molecule has 2 aromatic heterocycles. The zero-order valence-electron chi connectivity index (χ0n) is 17.1. The predicted molar refractivity (Wildman–Crippen MR) is 130 cm³/mol. The second-order valence-corrected chi connectivity index (χ2v) is 9.04. The second-order valence-electron chi connectivity index (χ2n) is 7.62. The molecule has 0 amide bonds. The number of aromatic nitrogens is 2. The van der Waals surface area contributed by atoms with Crippen LogP contribution < -0.4 is 5.32 Å². The Morgan fingerprint density at radius 3 is 2.68 bits per heavy atom. The molecular formula is C23H22N4O2S2. The van der Waals surface area contributed by atoms with Crippen LogP contribution >= 0.6 is 23.6 Å². The first kappa shape index (κ1) is 20.1. The first-order valence-corrected chi connectivity index (χ1v) is 11.7. The number of nitrogens with zero attached hydrogens (tertiary/aromatic N) is 3. The van der Waals surface area contributed by atoms with Gasteiger partial charge < -0.3 is 15.0 Å². The summed E-state index contributed by atoms with van der Waals surface area (Å²) in [5.41, 5.74) is 3.66. The van der Waals surface area contributed by atoms with Gasteiger partial charge in [0, 0.05) is 28.9 Å². The predicted octanol–water partition coefficient (Wildman–Crippen LogP) is 4.97. The van der Waals surface area contributed by atoms with Crippen LogP contribution in [0.3, 0.4) is 0 Å². The van der Waals surface area contributed by atoms with Crippen molar-refractivity contribution < 1.29 is 9.53 Å². The van der Waals surface area contributed by atoms with E-state index in [-0.39, 0.29) is 11.9 Å². The monoisotopic (exact) mass is 450 g/mol. The highest BCUT2D eigenvalue weighted by atomic mass is 32.1. The molecule has 31 heavy (non-hydrogen) atoms. The van der Waals surface area contributed by atoms with Crippen molar-refractivity contribution in [3.63, 3.8) is 0 Å². The van der Waals surface area contributed by atoms with Crippen LogP contribution in [0.1, 0.15) is 19.8 Å². The highest BCUT2D eigenvalue weighted by Crippen LogP contribution is 2.34. The number of nitrogens with one attached hydrogen (secondary N) is 1. The van der Waals surface area contributed by atoms with Gasteiger partial charge in [0.25, 0.3) is 0 Å². The number of rotatable bonds is 3. The molecule has 4 aromatic rings. The van der Waals surface area contributed by atoms with Crippen molar-refractivity contribution in [2.75, 3.05) is 25.0 Å². The minimum absolute atomic E-state index is 0.0269. The summed E-state index contributed by atoms with van der Waals surface area (Å²) in [6, 6.07) is 14.2. The maximum absolute atomic E-state index is 12.0. The largest absolute Gasteiger partial charge is 0.466 e. The molecule has 0 unspecified atom stereocenters. The number of ether oxygens (including phenoxy) is 1. The molecule has 0 spiro atoms. The van der Waals surface area contributed by atoms with Crippen LogP contribution in [0.15, 0.2) is 42.5 Å². The van der Waals surface area contributed by atoms with Gasteiger partial charge in [0.1, 0.15) is 10.3 Å². The fourth-order valence-electron chi connectivity index (χ4n) is 4.00. The van der Waals surface area contributed by atoms with Crippen molar-refractivity contribution in [3.8, 4) is 0 Å². The molecule has 8 heteroatoms. The molecule has 1 aliphatic rings. The topological polar surface area (TPSA) is 67.3 Å². The molecule has 5 rings (SSSR count). The molecule has 2 aromatic carbocycles. The van der Waals surface area contributed by atoms with E-state index in [2.05, 4.69) is 22.3 Å². The van der Waals surface area contributed by atoms with Gasteiger partial charge in [0.05, 0.1) is 23.6 Å². The number of piperidine rings is 1. The van der Waals surface area contributed by atoms with E-state index in [0.717, 1.165) is 63.1 Å². The number of carbonyl (C=O) groups is 1. The lowest BCUT2D eigenvalue weighted by atomic mass is 9.97. The summed E-state index contributed by atoms with van der Waals surface area (Å²) in [4.78, 5) is 24.6. The third-order valence-corrected chi connectivity index (χ3v) is 7.05. The Morgan fingerprint density at radius 1 is 1.19 bits per heavy atom. The van der Waals surface area contributed by atoms with E-state index in [9.17, 15) is 4.79 Å². The number of thiocarbonyl (C=S) groups is 1. The number of hydrogen-bond acceptors (Lipinski definition) is 6. The van der Waals surface area contributed by atoms with Crippen LogP contribution in [0.4, 0.5) is 5.69 Å². The van der Waals surface area contributed by atoms with Gasteiger partial charge in [0.2, 0.25) is 0 Å². The molecule has 0 atom stereocenters. The van der Waals surface area contributed by atoms with Crippen LogP contribution in [0, 0.1) is 5.92 Å². The Hall–Kier alpha value is -2.84. The summed E-state index contributed by atoms with van der Waals surface area (Å²) in [5, 5.41) is 5.12. The van der Waals surface area contributed by atoms with Gasteiger partial charge in [-0.2, -0.15) is 0 Å². The summed E-state index contributed by atoms with van der Waals surface area (Å²) in [7, 11) is 0. The van der Waals surface area contributed by atoms with Gasteiger partial charge in [-0.1, -0.05) is 12.1 Å². The van der Waals surface area contributed by atoms with Crippen LogP contribution in [-0.4, -0.2) is 45.6 Å². The number of hydrogen-bond donors (Lipinski definition) is 1. The number of carbonyl (C=O) groups excluding carboxylic acids is 1. The number of para-hydroxylation sites is 2. The van der Waals surface area contributed by atoms with Gasteiger partial charge in [0.15, 0.2) is 5.11 Å². The lowest BCUT2D eigenvalue weighted by molar-refractivity contribution is -0.149. The van der Waals surface area contributed by atoms with Gasteiger partial charge in [-0.15, -0.1) is 11.3 Å². The minimum Gasteiger partial charge on any atom is -0.466 e. The number of fused-ring (bicyclic) bond motifs is 4. The van der Waals surface area contributed by atoms with E-state index in [0.29, 0.717) is 11.7 Å². The Kier molecular flexibility index (Phi) is 5.41. The van der Waals surface area contributed by atoms with Crippen LogP contribution in [0.5, 0.6) is 0 Å². The van der Waals surface area contributed by atoms with Crippen molar-refractivity contribution in [2.24, 2.45) is 5.92 Å². The number of esters is 1. The summed E-state index contributed by atoms with van der Waals surface area (Å²) in [6.45, 7) is 3.76. The molecule has 1 aliphatic heterocycles. The van der Waals surface area contributed by atoms with E-state index in [4.69, 9.17) is 26.9 Å². The standard InChI is InChI=1S/C23H22N4O2S2/c1-2-29-22(28)14-9-11-27(12-10-14)23(30)24-15-7-8-19-16(13-15)20-21(31-19)26-18-6-4-3-5-17(18)25-20/h3-8,13-14H,2,9-12H2,1H3,(H,24,30). The molecule has 0 aliphatic carbocycles. The Labute approximate surface area is 189 Å². The smallest absolute Gasteiger partial charge is 0.309 e. The molecule has 1 saturated heterocycles. The molecule has 0 radical (unpaired) electrons. The van der Waals surface area contributed by atoms with Crippen molar-refractivity contribution >= 4 is 71.8 Å². The molecule has 6 nitrogen and oxygen atoms in total. The zero-order valence-corrected chi connectivity index (χ0v) is 18.8. The Balaban J connectivity index is 1.34. The van der Waals surface area contributed by atoms with Crippen molar-refractivity contribution in [1.29, 1.82) is 0 Å². The highest BCUT2D eigenvalue weighted by Gasteiger charge is 2.27. The molecule has 1 fully saturated rings. The van der Waals surface area contributed by atoms with Crippen molar-refractivity contribution in [3.05, 3.63) is 42.5 Å². The van der Waals surface area contributed by atoms with E-state index in [1.165, 1.54) is 0 Å². The van der Waals surface area contributed by atoms with Crippen LogP contribution in [-0.2, 0) is 9.53 Å². The second kappa shape index (κ2) is 8.36. The third-order valence-electron chi connectivity index (χ3n) is 5.63. The van der Waals surface area contributed by atoms with Gasteiger partial charge in [-0.3, -0.25) is 4.79 Å². The minimum atomic E-state index is -0.0931. The summed E-state index contributed by atoms with van der Waals surface area (Å²) < 4.78 is 6.30. The number of likely N-dealkylation sites (tertiary alicyclic amines) is 1. The zero-order chi connectivity index (χ0) is 21.4. The normalized spacial score (nSPS) is 14.9. The first-order chi connectivity index (χ1) is 15.1. The number of thiophene rings is 1. The van der Waals surface area contributed by atoms with Gasteiger partial charge in [-0.25, -0.2) is 9.97 Å².